The van der Waals surface area contributed by atoms with E-state index in [2.05, 4.69) is 20.4 Å². The number of rotatable bonds is 9. The highest BCUT2D eigenvalue weighted by Crippen LogP contribution is 2.17. The second kappa shape index (κ2) is 10.3. The Labute approximate surface area is 186 Å². The molecule has 0 radical (unpaired) electrons. The van der Waals surface area contributed by atoms with Crippen LogP contribution in [0.1, 0.15) is 29.0 Å². The molecule has 0 bridgehead atoms. The Bertz CT molecular complexity index is 1160. The number of carbonyl (C=O) groups is 1. The van der Waals surface area contributed by atoms with Crippen LogP contribution in [0, 0.1) is 6.92 Å². The zero-order chi connectivity index (χ0) is 22.2. The summed E-state index contributed by atoms with van der Waals surface area (Å²) in [5, 5.41) is 6.90. The largest absolute Gasteiger partial charge is 0.473 e. The lowest BCUT2D eigenvalue weighted by molar-refractivity contribution is -0.121. The van der Waals surface area contributed by atoms with Crippen molar-refractivity contribution < 1.29 is 14.1 Å². The van der Waals surface area contributed by atoms with Gasteiger partial charge >= 0.3 is 0 Å². The molecule has 7 nitrogen and oxygen atoms in total. The Morgan fingerprint density at radius 3 is 2.66 bits per heavy atom. The minimum Gasteiger partial charge on any atom is -0.473 e. The van der Waals surface area contributed by atoms with Crippen LogP contribution in [-0.4, -0.2) is 21.0 Å². The summed E-state index contributed by atoms with van der Waals surface area (Å²) in [5.74, 6) is 1.40. The van der Waals surface area contributed by atoms with Gasteiger partial charge in [-0.15, -0.1) is 0 Å². The molecule has 1 N–H and O–H groups in total. The molecule has 0 aliphatic carbocycles. The van der Waals surface area contributed by atoms with Crippen molar-refractivity contribution in [3.05, 3.63) is 95.5 Å². The van der Waals surface area contributed by atoms with Crippen molar-refractivity contribution in [1.82, 2.24) is 20.4 Å². The molecule has 0 aliphatic rings. The molecule has 0 unspecified atom stereocenters. The summed E-state index contributed by atoms with van der Waals surface area (Å²) in [5.41, 5.74) is 4.03. The number of nitrogens with one attached hydrogen (secondary N) is 1. The zero-order valence-electron chi connectivity index (χ0n) is 17.8. The highest BCUT2D eigenvalue weighted by atomic mass is 16.5. The van der Waals surface area contributed by atoms with Crippen molar-refractivity contribution >= 4 is 5.91 Å². The van der Waals surface area contributed by atoms with Gasteiger partial charge in [-0.05, 0) is 24.1 Å². The number of hydrogen-bond acceptors (Lipinski definition) is 6. The van der Waals surface area contributed by atoms with Gasteiger partial charge in [-0.25, -0.2) is 4.98 Å². The number of hydrogen-bond donors (Lipinski definition) is 1. The maximum Gasteiger partial charge on any atom is 0.227 e. The topological polar surface area (TPSA) is 90.1 Å². The van der Waals surface area contributed by atoms with E-state index in [4.69, 9.17) is 9.26 Å². The minimum atomic E-state index is -0.0938. The molecule has 0 atom stereocenters. The van der Waals surface area contributed by atoms with Gasteiger partial charge in [-0.2, -0.15) is 4.98 Å². The Balaban J connectivity index is 1.23. The van der Waals surface area contributed by atoms with Crippen LogP contribution in [-0.2, 0) is 24.4 Å². The van der Waals surface area contributed by atoms with Crippen molar-refractivity contribution in [2.24, 2.45) is 0 Å². The third-order valence-corrected chi connectivity index (χ3v) is 4.86. The van der Waals surface area contributed by atoms with E-state index >= 15 is 0 Å². The van der Waals surface area contributed by atoms with Crippen molar-refractivity contribution in [2.75, 3.05) is 0 Å². The van der Waals surface area contributed by atoms with E-state index in [1.54, 1.807) is 6.20 Å². The fraction of sp³-hybridized carbons (Fsp3) is 0.200. The molecular weight excluding hydrogens is 404 g/mol. The molecule has 2 aromatic heterocycles. The molecule has 1 amide bonds. The Kier molecular flexibility index (Phi) is 6.87. The Hall–Kier alpha value is -4.00. The number of pyridine rings is 1. The van der Waals surface area contributed by atoms with Crippen LogP contribution in [0.2, 0.25) is 0 Å². The molecule has 0 aliphatic heterocycles. The lowest BCUT2D eigenvalue weighted by atomic mass is 10.1. The average Bonchev–Trinajstić information content (AvgIpc) is 3.31. The van der Waals surface area contributed by atoms with Gasteiger partial charge in [0.2, 0.25) is 23.5 Å². The molecule has 2 heterocycles. The first kappa shape index (κ1) is 21.2. The van der Waals surface area contributed by atoms with Crippen LogP contribution in [0.15, 0.2) is 77.4 Å². The molecule has 0 fully saturated rings. The van der Waals surface area contributed by atoms with Crippen molar-refractivity contribution in [1.29, 1.82) is 0 Å². The van der Waals surface area contributed by atoms with Gasteiger partial charge in [-0.3, -0.25) is 4.79 Å². The molecule has 0 saturated carbocycles. The number of nitrogens with zero attached hydrogens (tertiary/aromatic N) is 3. The van der Waals surface area contributed by atoms with E-state index < -0.39 is 0 Å². The van der Waals surface area contributed by atoms with Crippen molar-refractivity contribution in [3.8, 4) is 17.3 Å². The zero-order valence-corrected chi connectivity index (χ0v) is 17.8. The van der Waals surface area contributed by atoms with Gasteiger partial charge in [0.15, 0.2) is 0 Å². The van der Waals surface area contributed by atoms with E-state index in [0.29, 0.717) is 37.2 Å². The van der Waals surface area contributed by atoms with E-state index in [0.717, 1.165) is 16.7 Å². The average molecular weight is 428 g/mol. The van der Waals surface area contributed by atoms with Crippen LogP contribution < -0.4 is 10.1 Å². The van der Waals surface area contributed by atoms with Gasteiger partial charge < -0.3 is 14.6 Å². The quantitative estimate of drug-likeness (QED) is 0.428. The van der Waals surface area contributed by atoms with Gasteiger partial charge in [-0.1, -0.05) is 65.3 Å². The van der Waals surface area contributed by atoms with E-state index in [-0.39, 0.29) is 12.3 Å². The van der Waals surface area contributed by atoms with Crippen molar-refractivity contribution in [3.63, 3.8) is 0 Å². The molecule has 32 heavy (non-hydrogen) atoms. The van der Waals surface area contributed by atoms with Crippen LogP contribution in [0.4, 0.5) is 0 Å². The monoisotopic (exact) mass is 428 g/mol. The fourth-order valence-electron chi connectivity index (χ4n) is 3.06. The summed E-state index contributed by atoms with van der Waals surface area (Å²) in [6.45, 7) is 2.86. The second-order valence-corrected chi connectivity index (χ2v) is 7.43. The number of aromatic nitrogens is 3. The predicted molar refractivity (Wildman–Crippen MR) is 120 cm³/mol. The van der Waals surface area contributed by atoms with E-state index in [1.807, 2.05) is 73.7 Å². The first-order valence-corrected chi connectivity index (χ1v) is 10.4. The number of ether oxygens (including phenoxy) is 1. The third-order valence-electron chi connectivity index (χ3n) is 4.86. The first-order chi connectivity index (χ1) is 15.7. The molecule has 2 aromatic carbocycles. The van der Waals surface area contributed by atoms with Gasteiger partial charge in [0.05, 0.1) is 0 Å². The molecule has 0 spiro atoms. The molecule has 4 rings (SSSR count). The number of aryl methyl sites for hydroxylation is 2. The van der Waals surface area contributed by atoms with E-state index in [1.165, 1.54) is 5.56 Å². The van der Waals surface area contributed by atoms with E-state index in [9.17, 15) is 4.79 Å². The maximum atomic E-state index is 12.3. The first-order valence-electron chi connectivity index (χ1n) is 10.4. The lowest BCUT2D eigenvalue weighted by Crippen LogP contribution is -2.23. The SMILES string of the molecule is Cc1ccc(-c2noc(CCC(=O)NCc3ccnc(OCc4ccccc4)c3)n2)cc1. The summed E-state index contributed by atoms with van der Waals surface area (Å²) in [6, 6.07) is 21.5. The van der Waals surface area contributed by atoms with Crippen molar-refractivity contribution in [2.45, 2.75) is 32.9 Å². The number of amides is 1. The number of benzene rings is 2. The Morgan fingerprint density at radius 2 is 1.84 bits per heavy atom. The van der Waals surface area contributed by atoms with Crippen LogP contribution in [0.3, 0.4) is 0 Å². The second-order valence-electron chi connectivity index (χ2n) is 7.43. The highest BCUT2D eigenvalue weighted by Gasteiger charge is 2.11. The Morgan fingerprint density at radius 1 is 1.03 bits per heavy atom. The summed E-state index contributed by atoms with van der Waals surface area (Å²) >= 11 is 0. The van der Waals surface area contributed by atoms with Crippen LogP contribution >= 0.6 is 0 Å². The summed E-state index contributed by atoms with van der Waals surface area (Å²) < 4.78 is 11.0. The summed E-state index contributed by atoms with van der Waals surface area (Å²) in [7, 11) is 0. The van der Waals surface area contributed by atoms with Gasteiger partial charge in [0.25, 0.3) is 0 Å². The molecule has 4 aromatic rings. The van der Waals surface area contributed by atoms with Crippen LogP contribution in [0.5, 0.6) is 5.88 Å². The van der Waals surface area contributed by atoms with Crippen LogP contribution in [0.25, 0.3) is 11.4 Å². The standard InChI is InChI=1S/C25H24N4O3/c1-18-7-9-21(10-8-18)25-28-23(32-29-25)12-11-22(30)27-16-20-13-14-26-24(15-20)31-17-19-5-3-2-4-6-19/h2-10,13-15H,11-12,16-17H2,1H3,(H,27,30). The highest BCUT2D eigenvalue weighted by molar-refractivity contribution is 5.76. The van der Waals surface area contributed by atoms with Gasteiger partial charge in [0.1, 0.15) is 6.61 Å². The summed E-state index contributed by atoms with van der Waals surface area (Å²) in [6.07, 6.45) is 2.32. The fourth-order valence-corrected chi connectivity index (χ4v) is 3.06. The lowest BCUT2D eigenvalue weighted by Gasteiger charge is -2.08. The number of carbonyl (C=O) groups excluding carboxylic acids is 1. The molecule has 162 valence electrons. The maximum absolute atomic E-state index is 12.3. The predicted octanol–water partition coefficient (Wildman–Crippen LogP) is 4.27. The minimum absolute atomic E-state index is 0.0938. The molecule has 7 heteroatoms. The van der Waals surface area contributed by atoms with Gasteiger partial charge in [0, 0.05) is 37.2 Å². The summed E-state index contributed by atoms with van der Waals surface area (Å²) in [4.78, 5) is 20.9. The third kappa shape index (κ3) is 6.01. The molecular formula is C25H24N4O3. The normalized spacial score (nSPS) is 10.7. The molecule has 0 saturated heterocycles. The smallest absolute Gasteiger partial charge is 0.227 e.